The lowest BCUT2D eigenvalue weighted by Gasteiger charge is -2.43. The first-order chi connectivity index (χ1) is 32.5. The zero-order valence-electron chi connectivity index (χ0n) is 41.2. The molecule has 0 aliphatic carbocycles. The number of nitrogens with zero attached hydrogens (tertiary/aromatic N) is 3. The van der Waals surface area contributed by atoms with E-state index in [2.05, 4.69) is 20.6 Å². The van der Waals surface area contributed by atoms with Crippen LogP contribution in [0.15, 0.2) is 66.2 Å². The second kappa shape index (κ2) is 21.0. The molecule has 5 aromatic rings. The Bertz CT molecular complexity index is 2600. The highest BCUT2D eigenvalue weighted by molar-refractivity contribution is 7.13. The fraction of sp³-hybridized carbons (Fsp3) is 0.509. The van der Waals surface area contributed by atoms with Gasteiger partial charge < -0.3 is 35.1 Å². The first kappa shape index (κ1) is 51.6. The van der Waals surface area contributed by atoms with E-state index in [1.807, 2.05) is 102 Å². The van der Waals surface area contributed by atoms with Gasteiger partial charge in [-0.25, -0.2) is 18.2 Å². The standard InChI is InChI=1S/C53H67F3N6O6S/c1-31-22-38-37-12-10-11-13-41(37)59-45(38)46(62(31)29-53(8,9)56)44-39(54)24-36(25-40(44)55)68-21-19-52(6,7)18-20-67-28-43(64)60-48(51(3,4)5)50(66)61-27-35(63)23-42(61)49(65)57-26-33-14-16-34(17-15-33)47-32(2)58-30-69-47/h10-17,24-25,30-31,35,42,46,48,59,63H,18-23,26-29H2,1-9H3,(H,57,65)(H,60,64)/t31-,35-,42+,46-,48?/m1/s1. The maximum atomic E-state index is 16.2. The topological polar surface area (TPSA) is 149 Å². The number of carbonyl (C=O) groups excluding carboxylic acids is 3. The van der Waals surface area contributed by atoms with Crippen LogP contribution in [0.1, 0.15) is 109 Å². The highest BCUT2D eigenvalue weighted by atomic mass is 32.1. The molecule has 1 fully saturated rings. The maximum Gasteiger partial charge on any atom is 0.246 e. The Morgan fingerprint density at radius 2 is 1.67 bits per heavy atom. The summed E-state index contributed by atoms with van der Waals surface area (Å²) < 4.78 is 59.4. The number of benzene rings is 3. The van der Waals surface area contributed by atoms with Gasteiger partial charge in [0, 0.05) is 73.0 Å². The van der Waals surface area contributed by atoms with Crippen molar-refractivity contribution in [3.63, 3.8) is 0 Å². The summed E-state index contributed by atoms with van der Waals surface area (Å²) in [6, 6.07) is 15.0. The first-order valence-corrected chi connectivity index (χ1v) is 24.7. The Kier molecular flexibility index (Phi) is 15.7. The summed E-state index contributed by atoms with van der Waals surface area (Å²) in [6.07, 6.45) is 0.802. The van der Waals surface area contributed by atoms with Crippen molar-refractivity contribution in [1.82, 2.24) is 30.4 Å². The molecule has 4 N–H and O–H groups in total. The number of aromatic amines is 1. The number of para-hydroxylation sites is 1. The van der Waals surface area contributed by atoms with Crippen molar-refractivity contribution >= 4 is 40.0 Å². The second-order valence-corrected chi connectivity index (χ2v) is 22.1. The summed E-state index contributed by atoms with van der Waals surface area (Å²) in [5, 5.41) is 17.3. The summed E-state index contributed by atoms with van der Waals surface area (Å²) in [4.78, 5) is 52.8. The number of rotatable bonds is 18. The SMILES string of the molecule is Cc1ncsc1-c1ccc(CNC(=O)[C@@H]2C[C@@H](O)CN2C(=O)C(NC(=O)COCCC(C)(C)CCOc2cc(F)c([C@@H]3c4[nH]c5ccccc5c4C[C@@H](C)N3CC(C)(C)F)c(F)c2)C(C)(C)C)cc1. The number of hydrogen-bond acceptors (Lipinski definition) is 9. The van der Waals surface area contributed by atoms with Gasteiger partial charge in [0.25, 0.3) is 0 Å². The van der Waals surface area contributed by atoms with E-state index in [1.165, 1.54) is 30.9 Å². The Hall–Kier alpha value is -5.29. The number of aryl methyl sites for hydroxylation is 1. The van der Waals surface area contributed by atoms with Crippen LogP contribution in [0.3, 0.4) is 0 Å². The van der Waals surface area contributed by atoms with Crippen molar-refractivity contribution in [2.75, 3.05) is 32.9 Å². The molecule has 7 rings (SSSR count). The smallest absolute Gasteiger partial charge is 0.246 e. The van der Waals surface area contributed by atoms with Gasteiger partial charge in [-0.15, -0.1) is 11.3 Å². The van der Waals surface area contributed by atoms with Crippen molar-refractivity contribution in [1.29, 1.82) is 0 Å². The highest BCUT2D eigenvalue weighted by Crippen LogP contribution is 2.44. The van der Waals surface area contributed by atoms with Gasteiger partial charge in [-0.05, 0) is 80.5 Å². The molecule has 372 valence electrons. The van der Waals surface area contributed by atoms with Crippen LogP contribution in [0.2, 0.25) is 0 Å². The van der Waals surface area contributed by atoms with E-state index in [1.54, 1.807) is 16.8 Å². The number of likely N-dealkylation sites (tertiary alicyclic amines) is 1. The minimum Gasteiger partial charge on any atom is -0.493 e. The molecular formula is C53H67F3N6O6S. The molecule has 0 spiro atoms. The zero-order chi connectivity index (χ0) is 50.0. The molecule has 0 bridgehead atoms. The van der Waals surface area contributed by atoms with Crippen molar-refractivity contribution in [2.24, 2.45) is 10.8 Å². The van der Waals surface area contributed by atoms with Gasteiger partial charge >= 0.3 is 0 Å². The molecule has 0 radical (unpaired) electrons. The Balaban J connectivity index is 0.896. The number of fused-ring (bicyclic) bond motifs is 3. The van der Waals surface area contributed by atoms with Crippen LogP contribution >= 0.6 is 11.3 Å². The number of hydrogen-bond donors (Lipinski definition) is 4. The summed E-state index contributed by atoms with van der Waals surface area (Å²) in [6.45, 7) is 16.5. The number of aliphatic hydroxyl groups is 1. The number of amides is 3. The lowest BCUT2D eigenvalue weighted by atomic mass is 9.85. The van der Waals surface area contributed by atoms with Gasteiger partial charge in [-0.3, -0.25) is 19.3 Å². The van der Waals surface area contributed by atoms with Crippen molar-refractivity contribution in [2.45, 2.75) is 130 Å². The molecular weight excluding hydrogens is 906 g/mol. The van der Waals surface area contributed by atoms with E-state index in [0.717, 1.165) is 38.2 Å². The third-order valence-electron chi connectivity index (χ3n) is 13.3. The van der Waals surface area contributed by atoms with Crippen LogP contribution in [0.4, 0.5) is 13.2 Å². The minimum atomic E-state index is -1.61. The number of aromatic nitrogens is 2. The number of aliphatic hydroxyl groups excluding tert-OH is 1. The van der Waals surface area contributed by atoms with Gasteiger partial charge in [0.2, 0.25) is 17.7 Å². The minimum absolute atomic E-state index is 0.0230. The van der Waals surface area contributed by atoms with Gasteiger partial charge in [0.15, 0.2) is 0 Å². The van der Waals surface area contributed by atoms with Crippen LogP contribution in [0.25, 0.3) is 21.3 Å². The maximum absolute atomic E-state index is 16.2. The molecule has 3 amide bonds. The number of β-amino-alcohol motifs (C(OH)–C–C–N with tert-alkyl or cyclic N) is 1. The van der Waals surface area contributed by atoms with Crippen molar-refractivity contribution < 1.29 is 42.1 Å². The molecule has 12 nitrogen and oxygen atoms in total. The average molecular weight is 973 g/mol. The molecule has 1 unspecified atom stereocenters. The molecule has 3 aromatic carbocycles. The second-order valence-electron chi connectivity index (χ2n) is 21.2. The summed E-state index contributed by atoms with van der Waals surface area (Å²) in [5.41, 5.74) is 4.28. The number of thiazole rings is 1. The fourth-order valence-electron chi connectivity index (χ4n) is 9.47. The molecule has 69 heavy (non-hydrogen) atoms. The van der Waals surface area contributed by atoms with E-state index < -0.39 is 64.7 Å². The van der Waals surface area contributed by atoms with Gasteiger partial charge in [-0.1, -0.05) is 77.1 Å². The highest BCUT2D eigenvalue weighted by Gasteiger charge is 2.45. The zero-order valence-corrected chi connectivity index (χ0v) is 42.0. The fourth-order valence-corrected chi connectivity index (χ4v) is 10.3. The van der Waals surface area contributed by atoms with Crippen LogP contribution in [0, 0.1) is 29.4 Å². The van der Waals surface area contributed by atoms with Crippen molar-refractivity contribution in [3.05, 3.63) is 106 Å². The van der Waals surface area contributed by atoms with Crippen molar-refractivity contribution in [3.8, 4) is 16.2 Å². The van der Waals surface area contributed by atoms with Gasteiger partial charge in [0.05, 0.1) is 34.8 Å². The average Bonchev–Trinajstić information content (AvgIpc) is 3.99. The molecule has 4 heterocycles. The van der Waals surface area contributed by atoms with E-state index >= 15 is 13.2 Å². The molecule has 16 heteroatoms. The van der Waals surface area contributed by atoms with E-state index in [9.17, 15) is 19.5 Å². The first-order valence-electron chi connectivity index (χ1n) is 23.8. The lowest BCUT2D eigenvalue weighted by Crippen LogP contribution is -2.58. The molecule has 2 aliphatic heterocycles. The lowest BCUT2D eigenvalue weighted by molar-refractivity contribution is -0.144. The summed E-state index contributed by atoms with van der Waals surface area (Å²) in [5.74, 6) is -2.89. The van der Waals surface area contributed by atoms with Crippen LogP contribution in [-0.4, -0.2) is 105 Å². The summed E-state index contributed by atoms with van der Waals surface area (Å²) >= 11 is 1.56. The van der Waals surface area contributed by atoms with Crippen LogP contribution < -0.4 is 15.4 Å². The number of H-pyrrole nitrogens is 1. The number of nitrogens with one attached hydrogen (secondary N) is 3. The molecule has 5 atom stereocenters. The Morgan fingerprint density at radius 3 is 2.32 bits per heavy atom. The molecule has 0 saturated carbocycles. The van der Waals surface area contributed by atoms with E-state index in [-0.39, 0.29) is 68.6 Å². The Labute approximate surface area is 407 Å². The number of carbonyl (C=O) groups is 3. The quantitative estimate of drug-likeness (QED) is 0.0637. The van der Waals surface area contributed by atoms with Crippen LogP contribution in [-0.2, 0) is 32.1 Å². The Morgan fingerprint density at radius 1 is 0.986 bits per heavy atom. The molecule has 1 saturated heterocycles. The molecule has 2 aliphatic rings. The van der Waals surface area contributed by atoms with Gasteiger partial charge in [-0.2, -0.15) is 0 Å². The van der Waals surface area contributed by atoms with Gasteiger partial charge in [0.1, 0.15) is 41.7 Å². The van der Waals surface area contributed by atoms with E-state index in [4.69, 9.17) is 9.47 Å². The van der Waals surface area contributed by atoms with Crippen LogP contribution in [0.5, 0.6) is 5.75 Å². The largest absolute Gasteiger partial charge is 0.493 e. The normalized spacial score (nSPS) is 19.4. The third-order valence-corrected chi connectivity index (χ3v) is 14.3. The predicted molar refractivity (Wildman–Crippen MR) is 263 cm³/mol. The van der Waals surface area contributed by atoms with E-state index in [0.29, 0.717) is 25.0 Å². The number of alkyl halides is 1. The number of halogens is 3. The molecule has 2 aromatic heterocycles. The summed E-state index contributed by atoms with van der Waals surface area (Å²) in [7, 11) is 0. The number of ether oxygens (including phenoxy) is 2. The predicted octanol–water partition coefficient (Wildman–Crippen LogP) is 8.97. The third kappa shape index (κ3) is 12.4. The monoisotopic (exact) mass is 972 g/mol.